The van der Waals surface area contributed by atoms with Gasteiger partial charge in [0.1, 0.15) is 11.5 Å². The third-order valence-corrected chi connectivity index (χ3v) is 4.57. The summed E-state index contributed by atoms with van der Waals surface area (Å²) in [5.41, 5.74) is 7.33. The van der Waals surface area contributed by atoms with E-state index in [1.54, 1.807) is 6.20 Å². The lowest BCUT2D eigenvalue weighted by molar-refractivity contribution is 1.02. The van der Waals surface area contributed by atoms with Gasteiger partial charge in [-0.15, -0.1) is 0 Å². The Labute approximate surface area is 152 Å². The number of aromatic nitrogens is 4. The van der Waals surface area contributed by atoms with Gasteiger partial charge in [-0.2, -0.15) is 0 Å². The molecule has 1 aromatic carbocycles. The van der Waals surface area contributed by atoms with E-state index in [9.17, 15) is 0 Å². The Hall–Kier alpha value is -3.21. The number of anilines is 2. The van der Waals surface area contributed by atoms with Gasteiger partial charge >= 0.3 is 0 Å². The van der Waals surface area contributed by atoms with E-state index in [1.165, 1.54) is 11.1 Å². The van der Waals surface area contributed by atoms with E-state index >= 15 is 0 Å². The molecule has 0 aliphatic heterocycles. The molecular formula is C21H21N5. The molecule has 0 radical (unpaired) electrons. The SMILES string of the molecule is Cc1cc(C)n2c(Nc3c(C)cccc3C)c(-c3cccnc3)nc2n1. The maximum atomic E-state index is 4.81. The highest BCUT2D eigenvalue weighted by molar-refractivity contribution is 5.80. The largest absolute Gasteiger partial charge is 0.339 e. The number of fused-ring (bicyclic) bond motifs is 1. The summed E-state index contributed by atoms with van der Waals surface area (Å²) in [5.74, 6) is 1.60. The van der Waals surface area contributed by atoms with Crippen LogP contribution in [-0.4, -0.2) is 19.4 Å². The molecule has 0 saturated carbocycles. The van der Waals surface area contributed by atoms with Crippen molar-refractivity contribution >= 4 is 17.3 Å². The molecule has 5 heteroatoms. The smallest absolute Gasteiger partial charge is 0.236 e. The molecule has 1 N–H and O–H groups in total. The first-order valence-electron chi connectivity index (χ1n) is 8.65. The summed E-state index contributed by atoms with van der Waals surface area (Å²) in [7, 11) is 0. The van der Waals surface area contributed by atoms with E-state index in [0.717, 1.165) is 34.2 Å². The van der Waals surface area contributed by atoms with Gasteiger partial charge in [0.15, 0.2) is 0 Å². The zero-order valence-electron chi connectivity index (χ0n) is 15.4. The molecule has 5 nitrogen and oxygen atoms in total. The predicted molar refractivity (Wildman–Crippen MR) is 105 cm³/mol. The van der Waals surface area contributed by atoms with Crippen molar-refractivity contribution in [1.29, 1.82) is 0 Å². The fourth-order valence-corrected chi connectivity index (χ4v) is 3.32. The van der Waals surface area contributed by atoms with E-state index in [2.05, 4.69) is 64.7 Å². The average Bonchev–Trinajstić information content (AvgIpc) is 2.97. The van der Waals surface area contributed by atoms with Crippen LogP contribution in [0.1, 0.15) is 22.5 Å². The van der Waals surface area contributed by atoms with E-state index in [1.807, 2.05) is 25.3 Å². The van der Waals surface area contributed by atoms with Crippen LogP contribution >= 0.6 is 0 Å². The normalized spacial score (nSPS) is 11.1. The number of pyridine rings is 1. The van der Waals surface area contributed by atoms with Gasteiger partial charge in [-0.25, -0.2) is 9.97 Å². The second kappa shape index (κ2) is 6.26. The third kappa shape index (κ3) is 2.71. The Bertz CT molecular complexity index is 1080. The molecule has 130 valence electrons. The second-order valence-corrected chi connectivity index (χ2v) is 6.62. The van der Waals surface area contributed by atoms with Gasteiger partial charge in [0, 0.05) is 35.0 Å². The van der Waals surface area contributed by atoms with Crippen molar-refractivity contribution < 1.29 is 0 Å². The number of hydrogen-bond donors (Lipinski definition) is 1. The van der Waals surface area contributed by atoms with Crippen LogP contribution in [0.4, 0.5) is 11.5 Å². The maximum absolute atomic E-state index is 4.81. The van der Waals surface area contributed by atoms with E-state index in [-0.39, 0.29) is 0 Å². The van der Waals surface area contributed by atoms with Crippen molar-refractivity contribution in [2.75, 3.05) is 5.32 Å². The lowest BCUT2D eigenvalue weighted by Gasteiger charge is -2.15. The van der Waals surface area contributed by atoms with Crippen LogP contribution in [0.3, 0.4) is 0 Å². The highest BCUT2D eigenvalue weighted by atomic mass is 15.2. The molecule has 4 rings (SSSR count). The molecule has 0 aliphatic carbocycles. The highest BCUT2D eigenvalue weighted by Gasteiger charge is 2.18. The fraction of sp³-hybridized carbons (Fsp3) is 0.190. The summed E-state index contributed by atoms with van der Waals surface area (Å²) in [6, 6.07) is 12.3. The first-order valence-corrected chi connectivity index (χ1v) is 8.65. The molecule has 0 fully saturated rings. The number of hydrogen-bond acceptors (Lipinski definition) is 4. The van der Waals surface area contributed by atoms with Gasteiger partial charge in [-0.1, -0.05) is 18.2 Å². The van der Waals surface area contributed by atoms with Crippen molar-refractivity contribution in [3.8, 4) is 11.3 Å². The Kier molecular flexibility index (Phi) is 3.92. The van der Waals surface area contributed by atoms with E-state index in [0.29, 0.717) is 5.78 Å². The highest BCUT2D eigenvalue weighted by Crippen LogP contribution is 2.33. The Balaban J connectivity index is 2.00. The van der Waals surface area contributed by atoms with Crippen LogP contribution in [-0.2, 0) is 0 Å². The van der Waals surface area contributed by atoms with E-state index < -0.39 is 0 Å². The number of imidazole rings is 1. The lowest BCUT2D eigenvalue weighted by atomic mass is 10.1. The first kappa shape index (κ1) is 16.3. The molecule has 0 unspecified atom stereocenters. The van der Waals surface area contributed by atoms with Crippen LogP contribution in [0.5, 0.6) is 0 Å². The van der Waals surface area contributed by atoms with Crippen molar-refractivity contribution in [1.82, 2.24) is 19.4 Å². The van der Waals surface area contributed by atoms with Crippen molar-refractivity contribution in [2.45, 2.75) is 27.7 Å². The minimum absolute atomic E-state index is 0.690. The maximum Gasteiger partial charge on any atom is 0.236 e. The van der Waals surface area contributed by atoms with Crippen LogP contribution in [0.15, 0.2) is 48.8 Å². The van der Waals surface area contributed by atoms with Gasteiger partial charge in [0.2, 0.25) is 5.78 Å². The lowest BCUT2D eigenvalue weighted by Crippen LogP contribution is -2.03. The number of para-hydroxylation sites is 1. The average molecular weight is 343 g/mol. The number of nitrogens with one attached hydrogen (secondary N) is 1. The number of rotatable bonds is 3. The summed E-state index contributed by atoms with van der Waals surface area (Å²) < 4.78 is 2.07. The Morgan fingerprint density at radius 2 is 1.69 bits per heavy atom. The summed E-state index contributed by atoms with van der Waals surface area (Å²) >= 11 is 0. The summed E-state index contributed by atoms with van der Waals surface area (Å²) in [6.45, 7) is 8.28. The van der Waals surface area contributed by atoms with Gasteiger partial charge in [-0.05, 0) is 57.0 Å². The van der Waals surface area contributed by atoms with Crippen LogP contribution < -0.4 is 5.32 Å². The van der Waals surface area contributed by atoms with E-state index in [4.69, 9.17) is 4.98 Å². The van der Waals surface area contributed by atoms with Crippen molar-refractivity contribution in [3.05, 3.63) is 71.3 Å². The summed E-state index contributed by atoms with van der Waals surface area (Å²) in [4.78, 5) is 13.7. The molecule has 0 saturated heterocycles. The summed E-state index contributed by atoms with van der Waals surface area (Å²) in [5, 5.41) is 3.62. The van der Waals surface area contributed by atoms with Crippen LogP contribution in [0, 0.1) is 27.7 Å². The standard InChI is InChI=1S/C21H21N5/c1-13-7-5-8-14(2)18(13)24-20-19(17-9-6-10-22-12-17)25-21-23-15(3)11-16(4)26(20)21/h5-12,24H,1-4H3. The number of benzene rings is 1. The monoisotopic (exact) mass is 343 g/mol. The minimum Gasteiger partial charge on any atom is -0.339 e. The zero-order valence-corrected chi connectivity index (χ0v) is 15.4. The van der Waals surface area contributed by atoms with Crippen molar-refractivity contribution in [3.63, 3.8) is 0 Å². The molecule has 0 amide bonds. The third-order valence-electron chi connectivity index (χ3n) is 4.57. The molecule has 0 bridgehead atoms. The molecular weight excluding hydrogens is 322 g/mol. The minimum atomic E-state index is 0.690. The second-order valence-electron chi connectivity index (χ2n) is 6.62. The van der Waals surface area contributed by atoms with Crippen LogP contribution in [0.25, 0.3) is 17.0 Å². The first-order chi connectivity index (χ1) is 12.5. The van der Waals surface area contributed by atoms with Gasteiger partial charge in [0.05, 0.1) is 0 Å². The molecule has 4 aromatic rings. The Morgan fingerprint density at radius 3 is 2.38 bits per heavy atom. The van der Waals surface area contributed by atoms with Crippen molar-refractivity contribution in [2.24, 2.45) is 0 Å². The quantitative estimate of drug-likeness (QED) is 0.582. The van der Waals surface area contributed by atoms with Gasteiger partial charge in [-0.3, -0.25) is 9.38 Å². The molecule has 26 heavy (non-hydrogen) atoms. The number of aryl methyl sites for hydroxylation is 4. The topological polar surface area (TPSA) is 55.1 Å². The zero-order chi connectivity index (χ0) is 18.3. The molecule has 0 spiro atoms. The predicted octanol–water partition coefficient (Wildman–Crippen LogP) is 4.77. The molecule has 3 heterocycles. The van der Waals surface area contributed by atoms with Gasteiger partial charge < -0.3 is 5.32 Å². The number of nitrogens with zero attached hydrogens (tertiary/aromatic N) is 4. The van der Waals surface area contributed by atoms with Crippen LogP contribution in [0.2, 0.25) is 0 Å². The molecule has 0 aliphatic rings. The molecule has 3 aromatic heterocycles. The summed E-state index contributed by atoms with van der Waals surface area (Å²) in [6.07, 6.45) is 3.60. The Morgan fingerprint density at radius 1 is 0.923 bits per heavy atom. The fourth-order valence-electron chi connectivity index (χ4n) is 3.32. The van der Waals surface area contributed by atoms with Gasteiger partial charge in [0.25, 0.3) is 0 Å². The molecule has 0 atom stereocenters.